The van der Waals surface area contributed by atoms with Gasteiger partial charge in [0.15, 0.2) is 0 Å². The Kier molecular flexibility index (Phi) is 7.05. The maximum atomic E-state index is 13.4. The summed E-state index contributed by atoms with van der Waals surface area (Å²) in [5, 5.41) is 9.99. The lowest BCUT2D eigenvalue weighted by molar-refractivity contribution is -0.138. The molecular formula is C18H25F3N4O. The van der Waals surface area contributed by atoms with Crippen LogP contribution in [0.25, 0.3) is 11.3 Å². The van der Waals surface area contributed by atoms with E-state index in [2.05, 4.69) is 20.4 Å². The number of nitrogens with zero attached hydrogens (tertiary/aromatic N) is 2. The average Bonchev–Trinajstić information content (AvgIpc) is 3.05. The number of halogens is 3. The van der Waals surface area contributed by atoms with Crippen molar-refractivity contribution in [2.45, 2.75) is 26.1 Å². The third-order valence-corrected chi connectivity index (χ3v) is 3.92. The number of aromatic nitrogens is 2. The predicted octanol–water partition coefficient (Wildman–Crippen LogP) is 3.54. The Morgan fingerprint density at radius 3 is 2.73 bits per heavy atom. The molecule has 5 nitrogen and oxygen atoms in total. The van der Waals surface area contributed by atoms with Crippen LogP contribution in [-0.4, -0.2) is 48.9 Å². The molecule has 144 valence electrons. The molecule has 0 bridgehead atoms. The lowest BCUT2D eigenvalue weighted by Gasteiger charge is -2.17. The summed E-state index contributed by atoms with van der Waals surface area (Å²) in [7, 11) is 3.83. The van der Waals surface area contributed by atoms with E-state index in [1.807, 2.05) is 21.0 Å². The fourth-order valence-electron chi connectivity index (χ4n) is 2.59. The van der Waals surface area contributed by atoms with Gasteiger partial charge in [-0.15, -0.1) is 0 Å². The van der Waals surface area contributed by atoms with Gasteiger partial charge in [-0.25, -0.2) is 0 Å². The summed E-state index contributed by atoms with van der Waals surface area (Å²) in [5.74, 6) is -0.147. The Hall–Kier alpha value is -2.06. The zero-order valence-electron chi connectivity index (χ0n) is 15.3. The number of hydrogen-bond donors (Lipinski definition) is 2. The molecule has 0 radical (unpaired) electrons. The number of aromatic amines is 1. The smallest absolute Gasteiger partial charge is 0.419 e. The Morgan fingerprint density at radius 2 is 2.08 bits per heavy atom. The van der Waals surface area contributed by atoms with Crippen LogP contribution >= 0.6 is 0 Å². The Labute approximate surface area is 151 Å². The summed E-state index contributed by atoms with van der Waals surface area (Å²) in [6.45, 7) is 4.32. The number of ether oxygens (including phenoxy) is 1. The summed E-state index contributed by atoms with van der Waals surface area (Å²) < 4.78 is 45.5. The van der Waals surface area contributed by atoms with E-state index < -0.39 is 11.7 Å². The molecule has 8 heteroatoms. The van der Waals surface area contributed by atoms with Gasteiger partial charge in [0.2, 0.25) is 0 Å². The van der Waals surface area contributed by atoms with Gasteiger partial charge in [-0.05, 0) is 38.7 Å². The highest BCUT2D eigenvalue weighted by atomic mass is 19.4. The van der Waals surface area contributed by atoms with Crippen molar-refractivity contribution in [3.05, 3.63) is 35.5 Å². The second-order valence-electron chi connectivity index (χ2n) is 6.16. The zero-order valence-corrected chi connectivity index (χ0v) is 15.3. The first-order valence-corrected chi connectivity index (χ1v) is 8.57. The van der Waals surface area contributed by atoms with Crippen molar-refractivity contribution in [3.8, 4) is 17.0 Å². The third kappa shape index (κ3) is 5.22. The maximum absolute atomic E-state index is 13.4. The number of hydrogen-bond acceptors (Lipinski definition) is 4. The topological polar surface area (TPSA) is 53.2 Å². The molecule has 0 fully saturated rings. The molecule has 0 aliphatic heterocycles. The molecule has 0 amide bonds. The highest BCUT2D eigenvalue weighted by molar-refractivity contribution is 5.65. The molecule has 26 heavy (non-hydrogen) atoms. The van der Waals surface area contributed by atoms with Crippen molar-refractivity contribution in [1.82, 2.24) is 20.4 Å². The van der Waals surface area contributed by atoms with Crippen LogP contribution in [0.5, 0.6) is 5.75 Å². The number of nitrogens with one attached hydrogen (secondary N) is 2. The van der Waals surface area contributed by atoms with Crippen LogP contribution < -0.4 is 10.1 Å². The number of likely N-dealkylation sites (N-methyl/N-ethyl adjacent to an activating group) is 2. The normalized spacial score (nSPS) is 12.0. The van der Waals surface area contributed by atoms with Gasteiger partial charge < -0.3 is 15.0 Å². The van der Waals surface area contributed by atoms with E-state index in [0.29, 0.717) is 24.2 Å². The van der Waals surface area contributed by atoms with Crippen molar-refractivity contribution < 1.29 is 17.9 Å². The van der Waals surface area contributed by atoms with Gasteiger partial charge in [0.25, 0.3) is 0 Å². The van der Waals surface area contributed by atoms with Crippen LogP contribution in [0.15, 0.2) is 24.4 Å². The first kappa shape index (κ1) is 20.3. The molecule has 1 heterocycles. The molecule has 0 aliphatic rings. The molecule has 0 spiro atoms. The minimum Gasteiger partial charge on any atom is -0.493 e. The minimum atomic E-state index is -4.49. The number of rotatable bonds is 9. The van der Waals surface area contributed by atoms with E-state index in [4.69, 9.17) is 4.74 Å². The second-order valence-corrected chi connectivity index (χ2v) is 6.16. The number of alkyl halides is 3. The van der Waals surface area contributed by atoms with Gasteiger partial charge in [0.05, 0.1) is 17.9 Å². The van der Waals surface area contributed by atoms with Crippen LogP contribution in [0.1, 0.15) is 24.5 Å². The summed E-state index contributed by atoms with van der Waals surface area (Å²) in [5.41, 5.74) is 1.01. The van der Waals surface area contributed by atoms with Crippen LogP contribution in [0.2, 0.25) is 0 Å². The monoisotopic (exact) mass is 370 g/mol. The lowest BCUT2D eigenvalue weighted by Crippen LogP contribution is -2.27. The van der Waals surface area contributed by atoms with Crippen LogP contribution in [0.3, 0.4) is 0 Å². The largest absolute Gasteiger partial charge is 0.493 e. The van der Waals surface area contributed by atoms with Gasteiger partial charge in [0, 0.05) is 37.0 Å². The number of H-pyrrole nitrogens is 1. The highest BCUT2D eigenvalue weighted by Crippen LogP contribution is 2.39. The van der Waals surface area contributed by atoms with E-state index in [1.54, 1.807) is 12.3 Å². The fraction of sp³-hybridized carbons (Fsp3) is 0.500. The van der Waals surface area contributed by atoms with E-state index in [-0.39, 0.29) is 12.4 Å². The summed E-state index contributed by atoms with van der Waals surface area (Å²) in [4.78, 5) is 2.08. The van der Waals surface area contributed by atoms with E-state index in [1.165, 1.54) is 6.07 Å². The molecular weight excluding hydrogens is 345 g/mol. The maximum Gasteiger partial charge on any atom is 0.419 e. The number of benzene rings is 1. The van der Waals surface area contributed by atoms with E-state index >= 15 is 0 Å². The summed E-state index contributed by atoms with van der Waals surface area (Å²) >= 11 is 0. The average molecular weight is 370 g/mol. The van der Waals surface area contributed by atoms with Crippen LogP contribution in [-0.2, 0) is 12.7 Å². The van der Waals surface area contributed by atoms with Gasteiger partial charge in [-0.1, -0.05) is 6.92 Å². The zero-order chi connectivity index (χ0) is 19.2. The lowest BCUT2D eigenvalue weighted by atomic mass is 10.0. The molecule has 0 unspecified atom stereocenters. The van der Waals surface area contributed by atoms with Crippen LogP contribution in [0, 0.1) is 0 Å². The van der Waals surface area contributed by atoms with Gasteiger partial charge in [-0.2, -0.15) is 18.3 Å². The molecule has 0 saturated carbocycles. The second kappa shape index (κ2) is 9.05. The molecule has 2 N–H and O–H groups in total. The molecule has 0 saturated heterocycles. The standard InChI is InChI=1S/C18H25F3N4O/c1-4-9-26-16-6-5-13(10-15(16)18(19,20)21)17-14(11-23-24-17)12-25(3)8-7-22-2/h5-6,10-11,22H,4,7-9,12H2,1-3H3,(H,23,24). The Morgan fingerprint density at radius 1 is 1.31 bits per heavy atom. The van der Waals surface area contributed by atoms with Crippen LogP contribution in [0.4, 0.5) is 13.2 Å². The van der Waals surface area contributed by atoms with Gasteiger partial charge in [-0.3, -0.25) is 5.10 Å². The molecule has 0 aliphatic carbocycles. The predicted molar refractivity (Wildman–Crippen MR) is 95.1 cm³/mol. The highest BCUT2D eigenvalue weighted by Gasteiger charge is 2.35. The molecule has 1 aromatic carbocycles. The molecule has 1 aromatic heterocycles. The van der Waals surface area contributed by atoms with Gasteiger partial charge in [0.1, 0.15) is 5.75 Å². The summed E-state index contributed by atoms with van der Waals surface area (Å²) in [6, 6.07) is 4.10. The van der Waals surface area contributed by atoms with Crippen molar-refractivity contribution >= 4 is 0 Å². The van der Waals surface area contributed by atoms with Crippen molar-refractivity contribution in [2.24, 2.45) is 0 Å². The van der Waals surface area contributed by atoms with E-state index in [9.17, 15) is 13.2 Å². The Bertz CT molecular complexity index is 700. The summed E-state index contributed by atoms with van der Waals surface area (Å²) in [6.07, 6.45) is -2.12. The van der Waals surface area contributed by atoms with Gasteiger partial charge >= 0.3 is 6.18 Å². The Balaban J connectivity index is 2.30. The van der Waals surface area contributed by atoms with Crippen molar-refractivity contribution in [2.75, 3.05) is 33.8 Å². The molecule has 2 aromatic rings. The fourth-order valence-corrected chi connectivity index (χ4v) is 2.59. The van der Waals surface area contributed by atoms with Crippen molar-refractivity contribution in [3.63, 3.8) is 0 Å². The molecule has 0 atom stereocenters. The molecule has 2 rings (SSSR count). The SMILES string of the molecule is CCCOc1ccc(-c2n[nH]cc2CN(C)CCNC)cc1C(F)(F)F. The minimum absolute atomic E-state index is 0.147. The third-order valence-electron chi connectivity index (χ3n) is 3.92. The first-order valence-electron chi connectivity index (χ1n) is 8.57. The first-order chi connectivity index (χ1) is 12.4. The van der Waals surface area contributed by atoms with Crippen molar-refractivity contribution in [1.29, 1.82) is 0 Å². The van der Waals surface area contributed by atoms with E-state index in [0.717, 1.165) is 24.7 Å². The quantitative estimate of drug-likeness (QED) is 0.709.